The van der Waals surface area contributed by atoms with Crippen LogP contribution in [0.2, 0.25) is 0 Å². The number of rotatable bonds is 7. The quantitative estimate of drug-likeness (QED) is 0.773. The van der Waals surface area contributed by atoms with Crippen molar-refractivity contribution in [1.29, 1.82) is 0 Å². The minimum absolute atomic E-state index is 0.134. The second kappa shape index (κ2) is 8.77. The van der Waals surface area contributed by atoms with Gasteiger partial charge in [0.15, 0.2) is 0 Å². The zero-order valence-corrected chi connectivity index (χ0v) is 14.5. The summed E-state index contributed by atoms with van der Waals surface area (Å²) in [7, 11) is 3.73. The number of ether oxygens (including phenoxy) is 2. The molecule has 1 aliphatic rings. The van der Waals surface area contributed by atoms with Gasteiger partial charge in [0.05, 0.1) is 19.6 Å². The summed E-state index contributed by atoms with van der Waals surface area (Å²) in [6.07, 6.45) is 2.10. The highest BCUT2D eigenvalue weighted by Crippen LogP contribution is 2.19. The summed E-state index contributed by atoms with van der Waals surface area (Å²) in [5.74, 6) is 2.00. The molecule has 5 heteroatoms. The number of amides is 1. The Morgan fingerprint density at radius 3 is 2.61 bits per heavy atom. The minimum atomic E-state index is 0.134. The Balaban J connectivity index is 1.80. The molecule has 1 aromatic rings. The van der Waals surface area contributed by atoms with Crippen molar-refractivity contribution in [2.24, 2.45) is 5.92 Å². The maximum absolute atomic E-state index is 12.6. The molecule has 0 unspecified atom stereocenters. The molecule has 1 aromatic carbocycles. The summed E-state index contributed by atoms with van der Waals surface area (Å²) >= 11 is 0. The Labute approximate surface area is 139 Å². The summed E-state index contributed by atoms with van der Waals surface area (Å²) in [4.78, 5) is 16.8. The fraction of sp³-hybridized carbons (Fsp3) is 0.611. The van der Waals surface area contributed by atoms with Gasteiger partial charge < -0.3 is 19.3 Å². The highest BCUT2D eigenvalue weighted by atomic mass is 16.5. The van der Waals surface area contributed by atoms with Crippen molar-refractivity contribution >= 4 is 5.91 Å². The highest BCUT2D eigenvalue weighted by molar-refractivity contribution is 5.79. The van der Waals surface area contributed by atoms with E-state index in [-0.39, 0.29) is 11.8 Å². The molecule has 1 amide bonds. The first-order chi connectivity index (χ1) is 11.1. The van der Waals surface area contributed by atoms with Gasteiger partial charge in [-0.2, -0.15) is 0 Å². The van der Waals surface area contributed by atoms with E-state index in [0.29, 0.717) is 13.2 Å². The SMILES string of the molecule is CCN(CCOc1ccc(OC)cc1)C(=O)[C@H]1CCCN(C)C1. The van der Waals surface area contributed by atoms with Gasteiger partial charge in [0.25, 0.3) is 0 Å². The van der Waals surface area contributed by atoms with Crippen LogP contribution in [0.25, 0.3) is 0 Å². The third-order valence-electron chi connectivity index (χ3n) is 4.36. The minimum Gasteiger partial charge on any atom is -0.497 e. The molecule has 0 spiro atoms. The molecule has 1 aliphatic heterocycles. The lowest BCUT2D eigenvalue weighted by molar-refractivity contribution is -0.137. The molecule has 2 rings (SSSR count). The van der Waals surface area contributed by atoms with Crippen molar-refractivity contribution in [2.45, 2.75) is 19.8 Å². The topological polar surface area (TPSA) is 42.0 Å². The fourth-order valence-corrected chi connectivity index (χ4v) is 3.00. The number of likely N-dealkylation sites (N-methyl/N-ethyl adjacent to an activating group) is 1. The van der Waals surface area contributed by atoms with E-state index in [0.717, 1.165) is 44.0 Å². The van der Waals surface area contributed by atoms with Crippen LogP contribution < -0.4 is 9.47 Å². The number of hydrogen-bond donors (Lipinski definition) is 0. The monoisotopic (exact) mass is 320 g/mol. The van der Waals surface area contributed by atoms with Crippen molar-refractivity contribution in [3.63, 3.8) is 0 Å². The van der Waals surface area contributed by atoms with Gasteiger partial charge in [0.2, 0.25) is 5.91 Å². The molecular weight excluding hydrogens is 292 g/mol. The molecule has 0 N–H and O–H groups in total. The number of hydrogen-bond acceptors (Lipinski definition) is 4. The number of carbonyl (C=O) groups excluding carboxylic acids is 1. The second-order valence-corrected chi connectivity index (χ2v) is 6.04. The van der Waals surface area contributed by atoms with Gasteiger partial charge in [-0.1, -0.05) is 0 Å². The Morgan fingerprint density at radius 1 is 1.30 bits per heavy atom. The molecule has 0 aliphatic carbocycles. The third kappa shape index (κ3) is 5.13. The van der Waals surface area contributed by atoms with Gasteiger partial charge in [-0.25, -0.2) is 0 Å². The van der Waals surface area contributed by atoms with Crippen molar-refractivity contribution in [1.82, 2.24) is 9.80 Å². The molecule has 0 bridgehead atoms. The van der Waals surface area contributed by atoms with Gasteiger partial charge in [0, 0.05) is 13.1 Å². The fourth-order valence-electron chi connectivity index (χ4n) is 3.00. The Kier molecular flexibility index (Phi) is 6.71. The number of piperidine rings is 1. The molecule has 0 saturated carbocycles. The van der Waals surface area contributed by atoms with E-state index < -0.39 is 0 Å². The van der Waals surface area contributed by atoms with Gasteiger partial charge >= 0.3 is 0 Å². The summed E-state index contributed by atoms with van der Waals surface area (Å²) in [5.41, 5.74) is 0. The van der Waals surface area contributed by atoms with Gasteiger partial charge in [-0.3, -0.25) is 4.79 Å². The zero-order valence-electron chi connectivity index (χ0n) is 14.5. The van der Waals surface area contributed by atoms with Gasteiger partial charge in [0.1, 0.15) is 18.1 Å². The molecule has 0 radical (unpaired) electrons. The van der Waals surface area contributed by atoms with E-state index in [1.54, 1.807) is 7.11 Å². The number of carbonyl (C=O) groups is 1. The molecule has 1 saturated heterocycles. The van der Waals surface area contributed by atoms with Crippen LogP contribution in [-0.4, -0.2) is 62.7 Å². The molecule has 1 fully saturated rings. The zero-order chi connectivity index (χ0) is 16.7. The maximum atomic E-state index is 12.6. The molecule has 23 heavy (non-hydrogen) atoms. The molecule has 1 heterocycles. The van der Waals surface area contributed by atoms with Gasteiger partial charge in [-0.05, 0) is 57.6 Å². The van der Waals surface area contributed by atoms with E-state index in [1.165, 1.54) is 0 Å². The number of likely N-dealkylation sites (tertiary alicyclic amines) is 1. The smallest absolute Gasteiger partial charge is 0.227 e. The van der Waals surface area contributed by atoms with Crippen LogP contribution >= 0.6 is 0 Å². The Hall–Kier alpha value is -1.75. The first-order valence-corrected chi connectivity index (χ1v) is 8.38. The van der Waals surface area contributed by atoms with Gasteiger partial charge in [-0.15, -0.1) is 0 Å². The summed E-state index contributed by atoms with van der Waals surface area (Å²) in [5, 5.41) is 0. The van der Waals surface area contributed by atoms with Crippen LogP contribution in [0.3, 0.4) is 0 Å². The maximum Gasteiger partial charge on any atom is 0.227 e. The normalized spacial score (nSPS) is 18.5. The molecule has 0 aromatic heterocycles. The number of methoxy groups -OCH3 is 1. The van der Waals surface area contributed by atoms with Crippen LogP contribution in [-0.2, 0) is 4.79 Å². The Morgan fingerprint density at radius 2 is 2.00 bits per heavy atom. The lowest BCUT2D eigenvalue weighted by atomic mass is 9.97. The molecule has 1 atom stereocenters. The van der Waals surface area contributed by atoms with E-state index in [4.69, 9.17) is 9.47 Å². The van der Waals surface area contributed by atoms with Crippen molar-refractivity contribution in [3.8, 4) is 11.5 Å². The first kappa shape index (κ1) is 17.6. The lowest BCUT2D eigenvalue weighted by Crippen LogP contribution is -2.44. The standard InChI is InChI=1S/C18H28N2O3/c1-4-20(18(21)15-6-5-11-19(2)14-15)12-13-23-17-9-7-16(22-3)8-10-17/h7-10,15H,4-6,11-14H2,1-3H3/t15-/m0/s1. The largest absolute Gasteiger partial charge is 0.497 e. The average molecular weight is 320 g/mol. The molecule has 5 nitrogen and oxygen atoms in total. The van der Waals surface area contributed by atoms with E-state index in [2.05, 4.69) is 11.9 Å². The first-order valence-electron chi connectivity index (χ1n) is 8.38. The van der Waals surface area contributed by atoms with Crippen LogP contribution in [0.4, 0.5) is 0 Å². The predicted molar refractivity (Wildman–Crippen MR) is 91.0 cm³/mol. The van der Waals surface area contributed by atoms with Crippen LogP contribution in [0.15, 0.2) is 24.3 Å². The summed E-state index contributed by atoms with van der Waals surface area (Å²) in [6.45, 7) is 5.85. The number of nitrogens with zero attached hydrogens (tertiary/aromatic N) is 2. The second-order valence-electron chi connectivity index (χ2n) is 6.04. The van der Waals surface area contributed by atoms with Crippen LogP contribution in [0.5, 0.6) is 11.5 Å². The predicted octanol–water partition coefficient (Wildman–Crippen LogP) is 2.26. The molecule has 128 valence electrons. The van der Waals surface area contributed by atoms with E-state index in [9.17, 15) is 4.79 Å². The number of benzene rings is 1. The van der Waals surface area contributed by atoms with Crippen LogP contribution in [0, 0.1) is 5.92 Å². The summed E-state index contributed by atoms with van der Waals surface area (Å²) < 4.78 is 10.9. The Bertz CT molecular complexity index is 490. The summed E-state index contributed by atoms with van der Waals surface area (Å²) in [6, 6.07) is 7.51. The lowest BCUT2D eigenvalue weighted by Gasteiger charge is -2.32. The average Bonchev–Trinajstić information content (AvgIpc) is 2.59. The van der Waals surface area contributed by atoms with E-state index in [1.807, 2.05) is 36.1 Å². The van der Waals surface area contributed by atoms with E-state index >= 15 is 0 Å². The van der Waals surface area contributed by atoms with Crippen molar-refractivity contribution < 1.29 is 14.3 Å². The molecular formula is C18H28N2O3. The van der Waals surface area contributed by atoms with Crippen LogP contribution in [0.1, 0.15) is 19.8 Å². The van der Waals surface area contributed by atoms with Crippen molar-refractivity contribution in [2.75, 3.05) is 46.9 Å². The highest BCUT2D eigenvalue weighted by Gasteiger charge is 2.27. The van der Waals surface area contributed by atoms with Crippen molar-refractivity contribution in [3.05, 3.63) is 24.3 Å². The third-order valence-corrected chi connectivity index (χ3v) is 4.36.